The number of benzene rings is 2. The highest BCUT2D eigenvalue weighted by Gasteiger charge is 2.29. The van der Waals surface area contributed by atoms with Crippen molar-refractivity contribution < 1.29 is 23.1 Å². The van der Waals surface area contributed by atoms with Crippen LogP contribution in [0.2, 0.25) is 0 Å². The lowest BCUT2D eigenvalue weighted by Gasteiger charge is -2.28. The van der Waals surface area contributed by atoms with Gasteiger partial charge in [0.15, 0.2) is 17.4 Å². The summed E-state index contributed by atoms with van der Waals surface area (Å²) in [4.78, 5) is 26.3. The Bertz CT molecular complexity index is 865. The van der Waals surface area contributed by atoms with Crippen molar-refractivity contribution in [2.24, 2.45) is 0 Å². The zero-order chi connectivity index (χ0) is 19.6. The van der Waals surface area contributed by atoms with E-state index in [-0.39, 0.29) is 36.5 Å². The summed E-state index contributed by atoms with van der Waals surface area (Å²) >= 11 is 0. The summed E-state index contributed by atoms with van der Waals surface area (Å²) < 4.78 is 32.2. The molecule has 1 aliphatic rings. The Labute approximate surface area is 155 Å². The van der Waals surface area contributed by atoms with Gasteiger partial charge >= 0.3 is 0 Å². The fourth-order valence-electron chi connectivity index (χ4n) is 3.09. The van der Waals surface area contributed by atoms with Crippen molar-refractivity contribution >= 4 is 28.9 Å². The first-order valence-corrected chi connectivity index (χ1v) is 8.38. The first-order valence-electron chi connectivity index (χ1n) is 8.38. The molecule has 2 N–H and O–H groups in total. The van der Waals surface area contributed by atoms with Gasteiger partial charge in [-0.15, -0.1) is 0 Å². The molecule has 0 saturated carbocycles. The van der Waals surface area contributed by atoms with Gasteiger partial charge in [-0.3, -0.25) is 9.59 Å². The summed E-state index contributed by atoms with van der Waals surface area (Å²) in [7, 11) is 1.17. The number of para-hydroxylation sites is 2. The molecule has 2 amide bonds. The van der Waals surface area contributed by atoms with Crippen molar-refractivity contribution in [3.05, 3.63) is 48.0 Å². The molecule has 1 unspecified atom stereocenters. The topological polar surface area (TPSA) is 70.7 Å². The van der Waals surface area contributed by atoms with Crippen molar-refractivity contribution in [3.8, 4) is 5.75 Å². The summed E-state index contributed by atoms with van der Waals surface area (Å²) in [6.07, 6.45) is 0.145. The van der Waals surface area contributed by atoms with Crippen LogP contribution in [-0.2, 0) is 9.59 Å². The molecule has 3 rings (SSSR count). The van der Waals surface area contributed by atoms with Crippen LogP contribution in [0.3, 0.4) is 0 Å². The second-order valence-corrected chi connectivity index (χ2v) is 6.21. The third kappa shape index (κ3) is 3.84. The zero-order valence-corrected chi connectivity index (χ0v) is 14.9. The number of halogens is 2. The van der Waals surface area contributed by atoms with E-state index < -0.39 is 17.4 Å². The smallest absolute Gasteiger partial charge is 0.246 e. The number of carbonyl (C=O) groups is 2. The van der Waals surface area contributed by atoms with Crippen LogP contribution >= 0.6 is 0 Å². The van der Waals surface area contributed by atoms with Gasteiger partial charge in [-0.05, 0) is 19.1 Å². The van der Waals surface area contributed by atoms with Crippen LogP contribution in [0, 0.1) is 11.6 Å². The Balaban J connectivity index is 1.80. The molecule has 0 aliphatic carbocycles. The predicted octanol–water partition coefficient (Wildman–Crippen LogP) is 3.15. The second-order valence-electron chi connectivity index (χ2n) is 6.21. The summed E-state index contributed by atoms with van der Waals surface area (Å²) in [5.41, 5.74) is 1.24. The normalized spacial score (nSPS) is 16.2. The third-order valence-corrected chi connectivity index (χ3v) is 4.27. The molecule has 0 saturated heterocycles. The van der Waals surface area contributed by atoms with Gasteiger partial charge < -0.3 is 20.3 Å². The van der Waals surface area contributed by atoms with E-state index in [1.54, 1.807) is 31.2 Å². The molecular formula is C19H19F2N3O3. The first-order chi connectivity index (χ1) is 12.9. The highest BCUT2D eigenvalue weighted by Crippen LogP contribution is 2.31. The van der Waals surface area contributed by atoms with Gasteiger partial charge in [0.05, 0.1) is 25.0 Å². The quantitative estimate of drug-likeness (QED) is 0.861. The lowest BCUT2D eigenvalue weighted by Crippen LogP contribution is -2.42. The van der Waals surface area contributed by atoms with Crippen molar-refractivity contribution in [2.75, 3.05) is 29.2 Å². The number of fused-ring (bicyclic) bond motifs is 1. The lowest BCUT2D eigenvalue weighted by molar-refractivity contribution is -0.118. The van der Waals surface area contributed by atoms with Crippen LogP contribution in [0.25, 0.3) is 0 Å². The Morgan fingerprint density at radius 2 is 1.96 bits per heavy atom. The fraction of sp³-hybridized carbons (Fsp3) is 0.263. The third-order valence-electron chi connectivity index (χ3n) is 4.27. The van der Waals surface area contributed by atoms with E-state index in [0.29, 0.717) is 11.4 Å². The van der Waals surface area contributed by atoms with Crippen LogP contribution in [0.5, 0.6) is 5.75 Å². The molecule has 2 aromatic rings. The van der Waals surface area contributed by atoms with Crippen LogP contribution in [-0.4, -0.2) is 31.5 Å². The van der Waals surface area contributed by atoms with Crippen LogP contribution < -0.4 is 20.3 Å². The minimum absolute atomic E-state index is 0.115. The van der Waals surface area contributed by atoms with E-state index >= 15 is 0 Å². The number of nitrogens with zero attached hydrogens (tertiary/aromatic N) is 1. The highest BCUT2D eigenvalue weighted by atomic mass is 19.1. The number of amides is 2. The van der Waals surface area contributed by atoms with E-state index in [4.69, 9.17) is 0 Å². The molecule has 8 heteroatoms. The molecule has 6 nitrogen and oxygen atoms in total. The molecule has 27 heavy (non-hydrogen) atoms. The maximum atomic E-state index is 13.8. The highest BCUT2D eigenvalue weighted by molar-refractivity contribution is 6.05. The Morgan fingerprint density at radius 3 is 2.63 bits per heavy atom. The monoisotopic (exact) mass is 375 g/mol. The van der Waals surface area contributed by atoms with Crippen molar-refractivity contribution in [1.82, 2.24) is 0 Å². The SMILES string of the molecule is COc1c(F)cc(NCC(=O)N2c3ccccc3NC(=O)CC2C)cc1F. The van der Waals surface area contributed by atoms with E-state index in [0.717, 1.165) is 12.1 Å². The van der Waals surface area contributed by atoms with Crippen molar-refractivity contribution in [2.45, 2.75) is 19.4 Å². The fourth-order valence-corrected chi connectivity index (χ4v) is 3.09. The average Bonchev–Trinajstić information content (AvgIpc) is 2.73. The van der Waals surface area contributed by atoms with Crippen molar-refractivity contribution in [3.63, 3.8) is 0 Å². The number of carbonyl (C=O) groups excluding carboxylic acids is 2. The standard InChI is InChI=1S/C19H19F2N3O3/c1-11-7-17(25)23-15-5-3-4-6-16(15)24(11)18(26)10-22-12-8-13(20)19(27-2)14(21)9-12/h3-6,8-9,11,22H,7,10H2,1-2H3,(H,23,25). The number of hydrogen-bond donors (Lipinski definition) is 2. The van der Waals surface area contributed by atoms with Gasteiger partial charge in [-0.2, -0.15) is 0 Å². The molecule has 142 valence electrons. The molecule has 2 aromatic carbocycles. The second kappa shape index (κ2) is 7.61. The molecule has 0 aromatic heterocycles. The van der Waals surface area contributed by atoms with Crippen LogP contribution in [0.4, 0.5) is 25.8 Å². The first kappa shape index (κ1) is 18.6. The van der Waals surface area contributed by atoms with E-state index in [1.165, 1.54) is 12.0 Å². The number of rotatable bonds is 4. The lowest BCUT2D eigenvalue weighted by atomic mass is 10.1. The Hall–Kier alpha value is -3.16. The van der Waals surface area contributed by atoms with Gasteiger partial charge in [0, 0.05) is 30.3 Å². The summed E-state index contributed by atoms with van der Waals surface area (Å²) in [6.45, 7) is 1.57. The van der Waals surface area contributed by atoms with Gasteiger partial charge in [0.25, 0.3) is 0 Å². The summed E-state index contributed by atoms with van der Waals surface area (Å²) in [6, 6.07) is 8.73. The largest absolute Gasteiger partial charge is 0.491 e. The van der Waals surface area contributed by atoms with E-state index in [1.807, 2.05) is 0 Å². The van der Waals surface area contributed by atoms with Crippen LogP contribution in [0.15, 0.2) is 36.4 Å². The molecule has 0 spiro atoms. The van der Waals surface area contributed by atoms with Gasteiger partial charge in [-0.25, -0.2) is 8.78 Å². The van der Waals surface area contributed by atoms with Gasteiger partial charge in [0.2, 0.25) is 11.8 Å². The number of hydrogen-bond acceptors (Lipinski definition) is 4. The van der Waals surface area contributed by atoms with Crippen LogP contribution in [0.1, 0.15) is 13.3 Å². The molecule has 0 fully saturated rings. The average molecular weight is 375 g/mol. The molecule has 0 bridgehead atoms. The molecule has 1 atom stereocenters. The Morgan fingerprint density at radius 1 is 1.30 bits per heavy atom. The zero-order valence-electron chi connectivity index (χ0n) is 14.9. The maximum Gasteiger partial charge on any atom is 0.246 e. The molecule has 0 radical (unpaired) electrons. The van der Waals surface area contributed by atoms with Crippen molar-refractivity contribution in [1.29, 1.82) is 0 Å². The van der Waals surface area contributed by atoms with Gasteiger partial charge in [0.1, 0.15) is 0 Å². The predicted molar refractivity (Wildman–Crippen MR) is 98.0 cm³/mol. The molecule has 1 aliphatic heterocycles. The minimum Gasteiger partial charge on any atom is -0.491 e. The number of anilines is 3. The molecule has 1 heterocycles. The maximum absolute atomic E-state index is 13.8. The van der Waals surface area contributed by atoms with Gasteiger partial charge in [-0.1, -0.05) is 12.1 Å². The summed E-state index contributed by atoms with van der Waals surface area (Å²) in [5.74, 6) is -2.72. The molecular weight excluding hydrogens is 356 g/mol. The number of ether oxygens (including phenoxy) is 1. The van der Waals surface area contributed by atoms with E-state index in [9.17, 15) is 18.4 Å². The Kier molecular flexibility index (Phi) is 5.25. The number of methoxy groups -OCH3 is 1. The van der Waals surface area contributed by atoms with E-state index in [2.05, 4.69) is 15.4 Å². The minimum atomic E-state index is -0.865. The number of nitrogens with one attached hydrogen (secondary N) is 2. The summed E-state index contributed by atoms with van der Waals surface area (Å²) in [5, 5.41) is 5.50.